The van der Waals surface area contributed by atoms with Gasteiger partial charge in [-0.15, -0.1) is 0 Å². The molecule has 0 radical (unpaired) electrons. The highest BCUT2D eigenvalue weighted by Crippen LogP contribution is 2.48. The third-order valence-electron chi connectivity index (χ3n) is 8.13. The first-order chi connectivity index (χ1) is 18.8. The van der Waals surface area contributed by atoms with E-state index in [1.54, 1.807) is 27.7 Å². The summed E-state index contributed by atoms with van der Waals surface area (Å²) in [6.45, 7) is 2.11. The van der Waals surface area contributed by atoms with Crippen molar-refractivity contribution in [3.8, 4) is 17.2 Å². The summed E-state index contributed by atoms with van der Waals surface area (Å²) in [7, 11) is 0. The zero-order chi connectivity index (χ0) is 27.2. The van der Waals surface area contributed by atoms with Gasteiger partial charge >= 0.3 is 0 Å². The van der Waals surface area contributed by atoms with E-state index < -0.39 is 35.6 Å². The number of rotatable bonds is 5. The number of fused-ring (bicyclic) bond motifs is 1. The highest BCUT2D eigenvalue weighted by Gasteiger charge is 2.51. The van der Waals surface area contributed by atoms with Crippen molar-refractivity contribution in [3.63, 3.8) is 0 Å². The van der Waals surface area contributed by atoms with Gasteiger partial charge in [-0.2, -0.15) is 10.4 Å². The van der Waals surface area contributed by atoms with E-state index in [1.165, 1.54) is 0 Å². The molecule has 3 aromatic rings. The summed E-state index contributed by atoms with van der Waals surface area (Å²) in [6.07, 6.45) is 2.00. The summed E-state index contributed by atoms with van der Waals surface area (Å²) < 4.78 is 36.3. The van der Waals surface area contributed by atoms with Crippen molar-refractivity contribution >= 4 is 17.3 Å². The number of hydrogen-bond donors (Lipinski definition) is 1. The van der Waals surface area contributed by atoms with Crippen LogP contribution in [0, 0.1) is 17.2 Å². The maximum Gasteiger partial charge on any atom is 0.254 e. The lowest BCUT2D eigenvalue weighted by Crippen LogP contribution is -2.45. The van der Waals surface area contributed by atoms with Crippen LogP contribution in [0.3, 0.4) is 0 Å². The predicted octanol–water partition coefficient (Wildman–Crippen LogP) is 4.17. The molecule has 0 bridgehead atoms. The van der Waals surface area contributed by atoms with Crippen LogP contribution in [0.15, 0.2) is 48.7 Å². The first-order valence-electron chi connectivity index (χ1n) is 13.4. The Labute approximate surface area is 224 Å². The van der Waals surface area contributed by atoms with Crippen LogP contribution >= 0.6 is 0 Å². The van der Waals surface area contributed by atoms with Crippen molar-refractivity contribution in [1.82, 2.24) is 19.8 Å². The van der Waals surface area contributed by atoms with E-state index in [9.17, 15) is 23.6 Å². The van der Waals surface area contributed by atoms with Gasteiger partial charge in [-0.1, -0.05) is 18.2 Å². The number of hydrogen-bond acceptors (Lipinski definition) is 5. The molecule has 39 heavy (non-hydrogen) atoms. The van der Waals surface area contributed by atoms with Crippen LogP contribution in [0.4, 0.5) is 8.78 Å². The summed E-state index contributed by atoms with van der Waals surface area (Å²) in [4.78, 5) is 28.1. The first kappa shape index (κ1) is 25.4. The van der Waals surface area contributed by atoms with Gasteiger partial charge in [0.2, 0.25) is 11.8 Å². The third-order valence-corrected chi connectivity index (χ3v) is 8.13. The molecule has 0 spiro atoms. The van der Waals surface area contributed by atoms with Crippen LogP contribution in [0.5, 0.6) is 0 Å². The van der Waals surface area contributed by atoms with Crippen LogP contribution in [-0.4, -0.2) is 64.1 Å². The van der Waals surface area contributed by atoms with Crippen LogP contribution in [0.2, 0.25) is 0 Å². The van der Waals surface area contributed by atoms with Crippen LogP contribution < -0.4 is 5.32 Å². The van der Waals surface area contributed by atoms with Gasteiger partial charge in [0, 0.05) is 49.2 Å². The molecule has 8 nitrogen and oxygen atoms in total. The number of carbonyl (C=O) groups excluding carboxylic acids is 2. The summed E-state index contributed by atoms with van der Waals surface area (Å²) >= 11 is 0. The molecule has 3 aliphatic rings. The molecule has 1 saturated heterocycles. The highest BCUT2D eigenvalue weighted by atomic mass is 19.3. The second-order valence-corrected chi connectivity index (χ2v) is 10.8. The lowest BCUT2D eigenvalue weighted by molar-refractivity contribution is -0.134. The van der Waals surface area contributed by atoms with E-state index in [-0.39, 0.29) is 18.7 Å². The quantitative estimate of drug-likeness (QED) is 0.531. The van der Waals surface area contributed by atoms with Crippen molar-refractivity contribution in [3.05, 3.63) is 59.9 Å². The Kier molecular flexibility index (Phi) is 6.34. The number of nitrogens with one attached hydrogen (secondary N) is 1. The standard InChI is InChI=1S/C29H29F2N5O3/c30-29(31)9-8-21(22(17-29)26(37)33-28(18-32)10-11-28)25-24(23-3-1-2-12-36(23)34-25)19-4-6-20(7-5-19)27(38)35-13-15-39-16-14-35/h1-7,12,21-22H,8-11,13-17H2,(H,33,37)/t21-,22-/m1/s1. The van der Waals surface area contributed by atoms with Gasteiger partial charge < -0.3 is 15.0 Å². The molecular formula is C29H29F2N5O3. The van der Waals surface area contributed by atoms with Gasteiger partial charge in [0.15, 0.2) is 0 Å². The lowest BCUT2D eigenvalue weighted by atomic mass is 9.73. The third kappa shape index (κ3) is 4.87. The SMILES string of the molecule is N#CC1(NC(=O)[C@@H]2CC(F)(F)CC[C@H]2c2nn3ccccc3c2-c2ccc(C(=O)N3CCOCC3)cc2)CC1. The summed E-state index contributed by atoms with van der Waals surface area (Å²) in [5.74, 6) is -5.13. The van der Waals surface area contributed by atoms with E-state index in [0.717, 1.165) is 16.6 Å². The molecule has 202 valence electrons. The minimum Gasteiger partial charge on any atom is -0.378 e. The average Bonchev–Trinajstić information content (AvgIpc) is 3.62. The van der Waals surface area contributed by atoms with Crippen molar-refractivity contribution < 1.29 is 23.1 Å². The van der Waals surface area contributed by atoms with Gasteiger partial charge in [0.05, 0.1) is 36.4 Å². The number of morpholine rings is 1. The fraction of sp³-hybridized carbons (Fsp3) is 0.448. The van der Waals surface area contributed by atoms with E-state index in [0.29, 0.717) is 50.4 Å². The fourth-order valence-electron chi connectivity index (χ4n) is 5.76. The molecule has 2 aromatic heterocycles. The second kappa shape index (κ2) is 9.72. The Hall–Kier alpha value is -3.84. The van der Waals surface area contributed by atoms with Gasteiger partial charge in [-0.05, 0) is 49.1 Å². The smallest absolute Gasteiger partial charge is 0.254 e. The molecule has 1 aromatic carbocycles. The maximum absolute atomic E-state index is 14.6. The average molecular weight is 534 g/mol. The number of aromatic nitrogens is 2. The van der Waals surface area contributed by atoms with E-state index >= 15 is 0 Å². The number of ether oxygens (including phenoxy) is 1. The highest BCUT2D eigenvalue weighted by molar-refractivity contribution is 5.95. The van der Waals surface area contributed by atoms with Gasteiger partial charge in [0.25, 0.3) is 5.91 Å². The largest absolute Gasteiger partial charge is 0.378 e. The summed E-state index contributed by atoms with van der Waals surface area (Å²) in [5.41, 5.74) is 2.52. The Morgan fingerprint density at radius 1 is 1.08 bits per heavy atom. The maximum atomic E-state index is 14.6. The Balaban J connectivity index is 1.37. The minimum atomic E-state index is -2.97. The van der Waals surface area contributed by atoms with Crippen molar-refractivity contribution in [2.24, 2.45) is 5.92 Å². The zero-order valence-electron chi connectivity index (χ0n) is 21.4. The number of halogens is 2. The number of nitrogens with zero attached hydrogens (tertiary/aromatic N) is 4. The Bertz CT molecular complexity index is 1450. The number of pyridine rings is 1. The molecule has 10 heteroatoms. The molecule has 0 unspecified atom stereocenters. The predicted molar refractivity (Wildman–Crippen MR) is 138 cm³/mol. The zero-order valence-corrected chi connectivity index (χ0v) is 21.4. The van der Waals surface area contributed by atoms with Gasteiger partial charge in [-0.25, -0.2) is 13.3 Å². The van der Waals surface area contributed by atoms with Crippen molar-refractivity contribution in [2.75, 3.05) is 26.3 Å². The Morgan fingerprint density at radius 2 is 1.82 bits per heavy atom. The van der Waals surface area contributed by atoms with E-state index in [2.05, 4.69) is 11.4 Å². The van der Waals surface area contributed by atoms with Crippen LogP contribution in [0.1, 0.15) is 54.1 Å². The van der Waals surface area contributed by atoms with E-state index in [1.807, 2.05) is 30.3 Å². The number of amides is 2. The van der Waals surface area contributed by atoms with Gasteiger partial charge in [0.1, 0.15) is 5.54 Å². The topological polar surface area (TPSA) is 99.7 Å². The molecule has 2 saturated carbocycles. The molecule has 2 amide bonds. The monoisotopic (exact) mass is 533 g/mol. The van der Waals surface area contributed by atoms with Crippen LogP contribution in [0.25, 0.3) is 16.6 Å². The molecular weight excluding hydrogens is 504 g/mol. The molecule has 3 heterocycles. The fourth-order valence-corrected chi connectivity index (χ4v) is 5.76. The first-order valence-corrected chi connectivity index (χ1v) is 13.4. The van der Waals surface area contributed by atoms with Gasteiger partial charge in [-0.3, -0.25) is 9.59 Å². The molecule has 3 fully saturated rings. The number of nitriles is 1. The minimum absolute atomic E-state index is 0.0670. The normalized spacial score (nSPS) is 23.7. The Morgan fingerprint density at radius 3 is 2.51 bits per heavy atom. The van der Waals surface area contributed by atoms with Crippen LogP contribution in [-0.2, 0) is 9.53 Å². The second-order valence-electron chi connectivity index (χ2n) is 10.8. The molecule has 2 atom stereocenters. The molecule has 1 N–H and O–H groups in total. The molecule has 1 aliphatic heterocycles. The number of benzene rings is 1. The lowest BCUT2D eigenvalue weighted by Gasteiger charge is -2.35. The summed E-state index contributed by atoms with van der Waals surface area (Å²) in [5, 5.41) is 17.0. The van der Waals surface area contributed by atoms with Crippen molar-refractivity contribution in [2.45, 2.75) is 49.5 Å². The molecule has 2 aliphatic carbocycles. The van der Waals surface area contributed by atoms with Crippen molar-refractivity contribution in [1.29, 1.82) is 5.26 Å². The number of alkyl halides is 2. The van der Waals surface area contributed by atoms with E-state index in [4.69, 9.17) is 9.84 Å². The number of carbonyl (C=O) groups is 2. The molecule has 6 rings (SSSR count). The summed E-state index contributed by atoms with van der Waals surface area (Å²) in [6, 6.07) is 15.0.